The second kappa shape index (κ2) is 10.8. The average molecular weight is 542 g/mol. The Morgan fingerprint density at radius 2 is 1.76 bits per heavy atom. The number of aromatic nitrogens is 2. The Bertz CT molecular complexity index is 1160. The monoisotopic (exact) mass is 541 g/mol. The van der Waals surface area contributed by atoms with Gasteiger partial charge < -0.3 is 10.0 Å². The first kappa shape index (κ1) is 28.7. The van der Waals surface area contributed by atoms with Crippen molar-refractivity contribution in [3.05, 3.63) is 51.8 Å². The van der Waals surface area contributed by atoms with Gasteiger partial charge in [-0.3, -0.25) is 19.1 Å². The molecule has 1 N–H and O–H groups in total. The molecule has 1 aromatic carbocycles. The highest BCUT2D eigenvalue weighted by Crippen LogP contribution is 2.39. The first-order valence-electron chi connectivity index (χ1n) is 12.0. The summed E-state index contributed by atoms with van der Waals surface area (Å²) in [7, 11) is 0. The number of ketones is 1. The van der Waals surface area contributed by atoms with E-state index in [0.29, 0.717) is 5.56 Å². The van der Waals surface area contributed by atoms with Crippen molar-refractivity contribution in [3.63, 3.8) is 0 Å². The Balaban J connectivity index is 1.97. The Kier molecular flexibility index (Phi) is 8.41. The first-order chi connectivity index (χ1) is 17.1. The molecule has 1 aliphatic rings. The fourth-order valence-electron chi connectivity index (χ4n) is 4.83. The molecule has 2 aromatic rings. The molecule has 0 atom stereocenters. The maximum Gasteiger partial charge on any atom is 0.433 e. The summed E-state index contributed by atoms with van der Waals surface area (Å²) in [4.78, 5) is 39.1. The van der Waals surface area contributed by atoms with Crippen molar-refractivity contribution in [1.29, 1.82) is 0 Å². The van der Waals surface area contributed by atoms with E-state index in [0.717, 1.165) is 15.8 Å². The Morgan fingerprint density at radius 3 is 2.27 bits per heavy atom. The van der Waals surface area contributed by atoms with Crippen molar-refractivity contribution in [2.75, 3.05) is 13.1 Å². The number of aliphatic carboxylic acids is 1. The van der Waals surface area contributed by atoms with Crippen LogP contribution in [-0.2, 0) is 11.0 Å². The van der Waals surface area contributed by atoms with Gasteiger partial charge in [0.05, 0.1) is 35.3 Å². The predicted octanol–water partition coefficient (Wildman–Crippen LogP) is 6.05. The fraction of sp³-hybridized carbons (Fsp3) is 0.538. The van der Waals surface area contributed by atoms with Gasteiger partial charge in [-0.05, 0) is 49.7 Å². The smallest absolute Gasteiger partial charge is 0.433 e. The molecule has 0 saturated heterocycles. The summed E-state index contributed by atoms with van der Waals surface area (Å²) in [6, 6.07) is 4.24. The molecule has 0 unspecified atom stereocenters. The number of aryl methyl sites for hydroxylation is 1. The topological polar surface area (TPSA) is 92.5 Å². The van der Waals surface area contributed by atoms with Gasteiger partial charge in [-0.15, -0.1) is 0 Å². The largest absolute Gasteiger partial charge is 0.481 e. The summed E-state index contributed by atoms with van der Waals surface area (Å²) in [5, 5.41) is 13.3. The normalized spacial score (nSPS) is 18.5. The second-order valence-electron chi connectivity index (χ2n) is 10.8. The Morgan fingerprint density at radius 1 is 1.14 bits per heavy atom. The number of carboxylic acids is 1. The summed E-state index contributed by atoms with van der Waals surface area (Å²) in [6.45, 7) is 6.70. The second-order valence-corrected chi connectivity index (χ2v) is 11.2. The number of alkyl halides is 3. The Hall–Kier alpha value is -2.88. The van der Waals surface area contributed by atoms with Crippen LogP contribution in [0, 0.1) is 18.3 Å². The van der Waals surface area contributed by atoms with Crippen molar-refractivity contribution in [1.82, 2.24) is 14.7 Å². The lowest BCUT2D eigenvalue weighted by atomic mass is 9.86. The number of carbonyl (C=O) groups excluding carboxylic acids is 2. The van der Waals surface area contributed by atoms with Crippen molar-refractivity contribution in [2.24, 2.45) is 11.3 Å². The molecule has 1 aromatic heterocycles. The summed E-state index contributed by atoms with van der Waals surface area (Å²) in [5.74, 6) is -3.01. The molecule has 1 heterocycles. The highest BCUT2D eigenvalue weighted by atomic mass is 35.5. The highest BCUT2D eigenvalue weighted by molar-refractivity contribution is 6.34. The predicted molar refractivity (Wildman–Crippen MR) is 132 cm³/mol. The van der Waals surface area contributed by atoms with Crippen LogP contribution in [0.5, 0.6) is 0 Å². The van der Waals surface area contributed by atoms with Gasteiger partial charge in [-0.25, -0.2) is 0 Å². The third-order valence-electron chi connectivity index (χ3n) is 6.47. The van der Waals surface area contributed by atoms with Gasteiger partial charge in [-0.1, -0.05) is 44.5 Å². The van der Waals surface area contributed by atoms with E-state index in [1.54, 1.807) is 25.1 Å². The number of carboxylic acid groups (broad SMARTS) is 1. The van der Waals surface area contributed by atoms with Crippen molar-refractivity contribution < 1.29 is 32.7 Å². The quantitative estimate of drug-likeness (QED) is 0.431. The van der Waals surface area contributed by atoms with E-state index in [1.165, 1.54) is 0 Å². The molecule has 1 saturated carbocycles. The van der Waals surface area contributed by atoms with Crippen molar-refractivity contribution >= 4 is 29.3 Å². The lowest BCUT2D eigenvalue weighted by Gasteiger charge is -2.31. The first-order valence-corrected chi connectivity index (χ1v) is 12.4. The minimum Gasteiger partial charge on any atom is -0.481 e. The molecule has 3 rings (SSSR count). The van der Waals surface area contributed by atoms with Gasteiger partial charge in [0, 0.05) is 12.1 Å². The van der Waals surface area contributed by atoms with E-state index in [-0.39, 0.29) is 42.8 Å². The van der Waals surface area contributed by atoms with E-state index in [2.05, 4.69) is 5.10 Å². The molecule has 1 amide bonds. The van der Waals surface area contributed by atoms with Crippen LogP contribution in [0.1, 0.15) is 84.5 Å². The average Bonchev–Trinajstić information content (AvgIpc) is 3.23. The molecule has 0 radical (unpaired) electrons. The summed E-state index contributed by atoms with van der Waals surface area (Å²) < 4.78 is 43.7. The van der Waals surface area contributed by atoms with Crippen LogP contribution >= 0.6 is 11.6 Å². The number of halogens is 4. The number of carbonyl (C=O) groups is 3. The number of hydrogen-bond acceptors (Lipinski definition) is 4. The number of rotatable bonds is 7. The molecule has 1 fully saturated rings. The van der Waals surface area contributed by atoms with Crippen LogP contribution in [0.3, 0.4) is 0 Å². The zero-order valence-corrected chi connectivity index (χ0v) is 22.0. The molecule has 11 heteroatoms. The molecule has 0 aliphatic heterocycles. The number of nitrogens with zero attached hydrogens (tertiary/aromatic N) is 3. The highest BCUT2D eigenvalue weighted by Gasteiger charge is 2.43. The summed E-state index contributed by atoms with van der Waals surface area (Å²) in [6.07, 6.45) is -3.14. The Labute approximate surface area is 218 Å². The molecule has 202 valence electrons. The molecule has 37 heavy (non-hydrogen) atoms. The maximum atomic E-state index is 14.3. The van der Waals surface area contributed by atoms with Gasteiger partial charge in [0.15, 0.2) is 11.5 Å². The van der Waals surface area contributed by atoms with Gasteiger partial charge in [0.1, 0.15) is 0 Å². The van der Waals surface area contributed by atoms with Crippen LogP contribution in [-0.4, -0.2) is 50.5 Å². The molecule has 1 aliphatic carbocycles. The van der Waals surface area contributed by atoms with Gasteiger partial charge in [0.2, 0.25) is 0 Å². The minimum atomic E-state index is -4.89. The summed E-state index contributed by atoms with van der Waals surface area (Å²) in [5.41, 5.74) is -1.52. The van der Waals surface area contributed by atoms with Crippen molar-refractivity contribution in [2.45, 2.75) is 65.6 Å². The maximum absolute atomic E-state index is 14.3. The SMILES string of the molecule is Cc1cccc(Cl)c1C(=O)CN(CC(C)(C)C)C(=O)c1cnn(C2CCC(C(=O)O)CC2)c1C(F)(F)F. The standard InChI is InChI=1S/C26H31ClF3N3O4/c1-15-6-5-7-19(27)21(15)20(34)13-32(14-25(2,3)4)23(35)18-12-31-33(22(18)26(28,29)30)17-10-8-16(9-11-17)24(36)37/h5-7,12,16-17H,8-11,13-14H2,1-4H3,(H,36,37). The van der Waals surface area contributed by atoms with Gasteiger partial charge in [-0.2, -0.15) is 18.3 Å². The minimum absolute atomic E-state index is 0.0211. The van der Waals surface area contributed by atoms with Crippen LogP contribution in [0.2, 0.25) is 5.02 Å². The molecule has 0 spiro atoms. The fourth-order valence-corrected chi connectivity index (χ4v) is 5.15. The van der Waals surface area contributed by atoms with E-state index < -0.39 is 59.0 Å². The van der Waals surface area contributed by atoms with Crippen LogP contribution < -0.4 is 0 Å². The zero-order chi connectivity index (χ0) is 27.7. The number of Topliss-reactive ketones (excluding diaryl/α,β-unsaturated/α-hetero) is 1. The number of benzene rings is 1. The lowest BCUT2D eigenvalue weighted by Crippen LogP contribution is -2.42. The van der Waals surface area contributed by atoms with Crippen LogP contribution in [0.4, 0.5) is 13.2 Å². The van der Waals surface area contributed by atoms with Crippen LogP contribution in [0.15, 0.2) is 24.4 Å². The lowest BCUT2D eigenvalue weighted by molar-refractivity contribution is -0.147. The van der Waals surface area contributed by atoms with Crippen molar-refractivity contribution in [3.8, 4) is 0 Å². The van der Waals surface area contributed by atoms with E-state index >= 15 is 0 Å². The molecule has 0 bridgehead atoms. The third-order valence-corrected chi connectivity index (χ3v) is 6.79. The number of amides is 1. The van der Waals surface area contributed by atoms with Gasteiger partial charge >= 0.3 is 12.1 Å². The van der Waals surface area contributed by atoms with E-state index in [9.17, 15) is 32.7 Å². The van der Waals surface area contributed by atoms with Crippen LogP contribution in [0.25, 0.3) is 0 Å². The molecule has 7 nitrogen and oxygen atoms in total. The number of hydrogen-bond donors (Lipinski definition) is 1. The molecular formula is C26H31ClF3N3O4. The third kappa shape index (κ3) is 6.71. The zero-order valence-electron chi connectivity index (χ0n) is 21.2. The van der Waals surface area contributed by atoms with E-state index in [1.807, 2.05) is 20.8 Å². The van der Waals surface area contributed by atoms with Gasteiger partial charge in [0.25, 0.3) is 5.91 Å². The summed E-state index contributed by atoms with van der Waals surface area (Å²) >= 11 is 6.22. The van der Waals surface area contributed by atoms with E-state index in [4.69, 9.17) is 11.6 Å². The molecular weight excluding hydrogens is 511 g/mol.